The molecule has 1 aliphatic rings. The standard InChI is InChI=1S/C32H38BrN3O5S/c1-41-29-18-16-28(17-19-29)36(42(2,39)40)23-31(37)35(22-25-12-9-13-26(33)20-25)30(21-24-10-5-3-6-11-24)32(38)34-27-14-7-4-8-15-27/h3,5-6,9-13,16-20,27,30H,4,7-8,14-15,21-23H2,1-2H3,(H,34,38)/t30-/m0/s1. The van der Waals surface area contributed by atoms with Crippen molar-refractivity contribution in [3.8, 4) is 5.75 Å². The van der Waals surface area contributed by atoms with Gasteiger partial charge in [0.2, 0.25) is 21.8 Å². The molecule has 42 heavy (non-hydrogen) atoms. The first-order chi connectivity index (χ1) is 20.1. The van der Waals surface area contributed by atoms with Gasteiger partial charge in [-0.2, -0.15) is 0 Å². The van der Waals surface area contributed by atoms with Crippen LogP contribution in [-0.4, -0.2) is 57.1 Å². The summed E-state index contributed by atoms with van der Waals surface area (Å²) in [5.74, 6) is -0.141. The Labute approximate surface area is 257 Å². The number of ether oxygens (including phenoxy) is 1. The Balaban J connectivity index is 1.71. The van der Waals surface area contributed by atoms with Crippen LogP contribution < -0.4 is 14.4 Å². The molecule has 0 aromatic heterocycles. The molecule has 1 aliphatic carbocycles. The number of nitrogens with one attached hydrogen (secondary N) is 1. The normalized spacial score (nSPS) is 14.5. The monoisotopic (exact) mass is 655 g/mol. The fourth-order valence-corrected chi connectivity index (χ4v) is 6.59. The number of hydrogen-bond acceptors (Lipinski definition) is 5. The van der Waals surface area contributed by atoms with Gasteiger partial charge >= 0.3 is 0 Å². The zero-order valence-corrected chi connectivity index (χ0v) is 26.4. The van der Waals surface area contributed by atoms with Gasteiger partial charge < -0.3 is 15.0 Å². The van der Waals surface area contributed by atoms with Crippen molar-refractivity contribution in [2.24, 2.45) is 0 Å². The van der Waals surface area contributed by atoms with Crippen LogP contribution in [0.25, 0.3) is 0 Å². The highest BCUT2D eigenvalue weighted by Gasteiger charge is 2.34. The second-order valence-electron chi connectivity index (χ2n) is 10.7. The van der Waals surface area contributed by atoms with Gasteiger partial charge in [0, 0.05) is 23.5 Å². The SMILES string of the molecule is COc1ccc(N(CC(=O)N(Cc2cccc(Br)c2)[C@@H](Cc2ccccc2)C(=O)NC2CCCCC2)S(C)(=O)=O)cc1. The summed E-state index contributed by atoms with van der Waals surface area (Å²) in [5.41, 5.74) is 2.06. The topological polar surface area (TPSA) is 96.0 Å². The third-order valence-electron chi connectivity index (χ3n) is 7.50. The zero-order valence-electron chi connectivity index (χ0n) is 24.0. The minimum Gasteiger partial charge on any atom is -0.497 e. The first kappa shape index (κ1) is 31.6. The predicted molar refractivity (Wildman–Crippen MR) is 169 cm³/mol. The number of nitrogens with zero attached hydrogens (tertiary/aromatic N) is 2. The van der Waals surface area contributed by atoms with Crippen molar-refractivity contribution < 1.29 is 22.7 Å². The molecule has 2 amide bonds. The van der Waals surface area contributed by atoms with Crippen molar-refractivity contribution in [1.29, 1.82) is 0 Å². The summed E-state index contributed by atoms with van der Waals surface area (Å²) in [4.78, 5) is 29.7. The van der Waals surface area contributed by atoms with Gasteiger partial charge in [-0.1, -0.05) is 77.7 Å². The molecule has 0 saturated heterocycles. The average molecular weight is 657 g/mol. The number of sulfonamides is 1. The molecule has 0 aliphatic heterocycles. The van der Waals surface area contributed by atoms with E-state index >= 15 is 0 Å². The van der Waals surface area contributed by atoms with Crippen LogP contribution in [0.2, 0.25) is 0 Å². The van der Waals surface area contributed by atoms with Crippen molar-refractivity contribution >= 4 is 43.5 Å². The molecule has 0 spiro atoms. The third-order valence-corrected chi connectivity index (χ3v) is 9.14. The number of anilines is 1. The molecule has 10 heteroatoms. The lowest BCUT2D eigenvalue weighted by atomic mass is 9.94. The molecule has 0 bridgehead atoms. The van der Waals surface area contributed by atoms with Gasteiger partial charge in [0.25, 0.3) is 0 Å². The van der Waals surface area contributed by atoms with E-state index in [0.717, 1.165) is 58.3 Å². The van der Waals surface area contributed by atoms with Crippen molar-refractivity contribution in [3.05, 3.63) is 94.5 Å². The Morgan fingerprint density at radius 2 is 1.62 bits per heavy atom. The first-order valence-electron chi connectivity index (χ1n) is 14.1. The van der Waals surface area contributed by atoms with Crippen LogP contribution >= 0.6 is 15.9 Å². The Kier molecular flexibility index (Phi) is 11.0. The van der Waals surface area contributed by atoms with E-state index in [2.05, 4.69) is 21.2 Å². The lowest BCUT2D eigenvalue weighted by molar-refractivity contribution is -0.140. The lowest BCUT2D eigenvalue weighted by Gasteiger charge is -2.35. The van der Waals surface area contributed by atoms with E-state index in [0.29, 0.717) is 17.9 Å². The number of carbonyl (C=O) groups is 2. The second-order valence-corrected chi connectivity index (χ2v) is 13.5. The van der Waals surface area contributed by atoms with Crippen molar-refractivity contribution in [1.82, 2.24) is 10.2 Å². The third kappa shape index (κ3) is 8.82. The fraction of sp³-hybridized carbons (Fsp3) is 0.375. The number of methoxy groups -OCH3 is 1. The molecule has 0 unspecified atom stereocenters. The maximum atomic E-state index is 14.2. The highest BCUT2D eigenvalue weighted by atomic mass is 79.9. The number of hydrogen-bond donors (Lipinski definition) is 1. The predicted octanol–water partition coefficient (Wildman–Crippen LogP) is 5.31. The molecule has 8 nitrogen and oxygen atoms in total. The zero-order chi connectivity index (χ0) is 30.1. The molecule has 224 valence electrons. The Morgan fingerprint density at radius 1 is 0.952 bits per heavy atom. The fourth-order valence-electron chi connectivity index (χ4n) is 5.29. The van der Waals surface area contributed by atoms with Crippen molar-refractivity contribution in [2.75, 3.05) is 24.2 Å². The van der Waals surface area contributed by atoms with Crippen LogP contribution in [0.3, 0.4) is 0 Å². The van der Waals surface area contributed by atoms with E-state index in [1.165, 1.54) is 12.0 Å². The highest BCUT2D eigenvalue weighted by Crippen LogP contribution is 2.24. The maximum Gasteiger partial charge on any atom is 0.244 e. The minimum absolute atomic E-state index is 0.0548. The summed E-state index contributed by atoms with van der Waals surface area (Å²) in [5, 5.41) is 3.21. The molecule has 3 aromatic carbocycles. The second kappa shape index (κ2) is 14.7. The van der Waals surface area contributed by atoms with Crippen LogP contribution in [0.4, 0.5) is 5.69 Å². The summed E-state index contributed by atoms with van der Waals surface area (Å²) in [6, 6.07) is 22.8. The lowest BCUT2D eigenvalue weighted by Crippen LogP contribution is -2.55. The molecule has 1 saturated carbocycles. The summed E-state index contributed by atoms with van der Waals surface area (Å²) in [6.45, 7) is -0.324. The van der Waals surface area contributed by atoms with Crippen LogP contribution in [0.5, 0.6) is 5.75 Å². The molecule has 3 aromatic rings. The molecular weight excluding hydrogens is 618 g/mol. The van der Waals surface area contributed by atoms with Crippen molar-refractivity contribution in [2.45, 2.75) is 57.2 Å². The van der Waals surface area contributed by atoms with Crippen LogP contribution in [0.1, 0.15) is 43.2 Å². The minimum atomic E-state index is -3.84. The average Bonchev–Trinajstić information content (AvgIpc) is 2.98. The molecule has 0 heterocycles. The molecule has 1 fully saturated rings. The van der Waals surface area contributed by atoms with Crippen molar-refractivity contribution in [3.63, 3.8) is 0 Å². The van der Waals surface area contributed by atoms with E-state index in [4.69, 9.17) is 4.74 Å². The molecule has 1 N–H and O–H groups in total. The number of benzene rings is 3. The van der Waals surface area contributed by atoms with E-state index < -0.39 is 28.5 Å². The first-order valence-corrected chi connectivity index (χ1v) is 16.8. The van der Waals surface area contributed by atoms with E-state index in [1.54, 1.807) is 24.3 Å². The Morgan fingerprint density at radius 3 is 2.24 bits per heavy atom. The maximum absolute atomic E-state index is 14.2. The van der Waals surface area contributed by atoms with Gasteiger partial charge in [0.1, 0.15) is 18.3 Å². The van der Waals surface area contributed by atoms with Crippen LogP contribution in [-0.2, 0) is 32.6 Å². The van der Waals surface area contributed by atoms with Gasteiger partial charge in [-0.15, -0.1) is 0 Å². The van der Waals surface area contributed by atoms with Crippen LogP contribution in [0, 0.1) is 0 Å². The van der Waals surface area contributed by atoms with Gasteiger partial charge in [0.15, 0.2) is 0 Å². The quantitative estimate of drug-likeness (QED) is 0.285. The van der Waals surface area contributed by atoms with Gasteiger partial charge in [-0.25, -0.2) is 8.42 Å². The number of carbonyl (C=O) groups excluding carboxylic acids is 2. The number of halogens is 1. The van der Waals surface area contributed by atoms with E-state index in [9.17, 15) is 18.0 Å². The largest absolute Gasteiger partial charge is 0.497 e. The summed E-state index contributed by atoms with van der Waals surface area (Å²) in [6.07, 6.45) is 6.44. The summed E-state index contributed by atoms with van der Waals surface area (Å²) >= 11 is 3.50. The van der Waals surface area contributed by atoms with E-state index in [-0.39, 0.29) is 18.5 Å². The number of rotatable bonds is 12. The van der Waals surface area contributed by atoms with Gasteiger partial charge in [-0.05, 0) is 60.4 Å². The number of amides is 2. The van der Waals surface area contributed by atoms with E-state index in [1.807, 2.05) is 54.6 Å². The van der Waals surface area contributed by atoms with Gasteiger partial charge in [0.05, 0.1) is 19.1 Å². The molecule has 0 radical (unpaired) electrons. The molecule has 4 rings (SSSR count). The highest BCUT2D eigenvalue weighted by molar-refractivity contribution is 9.10. The summed E-state index contributed by atoms with van der Waals surface area (Å²) < 4.78 is 33.0. The summed E-state index contributed by atoms with van der Waals surface area (Å²) in [7, 11) is -2.31. The molecule has 1 atom stereocenters. The molecular formula is C32H38BrN3O5S. The Bertz CT molecular complexity index is 1440. The van der Waals surface area contributed by atoms with Gasteiger partial charge in [-0.3, -0.25) is 13.9 Å². The van der Waals surface area contributed by atoms with Crippen LogP contribution in [0.15, 0.2) is 83.3 Å². The smallest absolute Gasteiger partial charge is 0.244 e. The Hall–Kier alpha value is -3.37.